The van der Waals surface area contributed by atoms with Crippen LogP contribution in [0.2, 0.25) is 0 Å². The Balaban J connectivity index is 0.00000264. The van der Waals surface area contributed by atoms with Gasteiger partial charge in [0.05, 0.1) is 5.41 Å². The van der Waals surface area contributed by atoms with E-state index in [4.69, 9.17) is 5.73 Å². The van der Waals surface area contributed by atoms with Crippen LogP contribution in [0, 0.1) is 5.41 Å². The number of nitrogens with one attached hydrogen (secondary N) is 1. The van der Waals surface area contributed by atoms with Crippen LogP contribution in [0.3, 0.4) is 0 Å². The molecule has 0 heterocycles. The highest BCUT2D eigenvalue weighted by Crippen LogP contribution is 2.33. The minimum Gasteiger partial charge on any atom is -0.353 e. The Morgan fingerprint density at radius 2 is 1.70 bits per heavy atom. The summed E-state index contributed by atoms with van der Waals surface area (Å²) in [6.07, 6.45) is 6.07. The Bertz CT molecular complexity index is 457. The molecular formula is C19H31ClN2O. The first-order chi connectivity index (χ1) is 10.6. The summed E-state index contributed by atoms with van der Waals surface area (Å²) in [6.45, 7) is 4.55. The van der Waals surface area contributed by atoms with Gasteiger partial charge in [-0.2, -0.15) is 0 Å². The molecule has 0 bridgehead atoms. The van der Waals surface area contributed by atoms with Crippen LogP contribution in [-0.4, -0.2) is 18.5 Å². The van der Waals surface area contributed by atoms with Crippen molar-refractivity contribution in [2.24, 2.45) is 11.1 Å². The summed E-state index contributed by atoms with van der Waals surface area (Å²) in [5.74, 6) is 0.800. The molecule has 0 radical (unpaired) electrons. The van der Waals surface area contributed by atoms with Crippen LogP contribution in [-0.2, 0) is 4.79 Å². The lowest BCUT2D eigenvalue weighted by Gasteiger charge is -2.34. The zero-order valence-electron chi connectivity index (χ0n) is 14.4. The average molecular weight is 339 g/mol. The normalized spacial score (nSPS) is 21.3. The highest BCUT2D eigenvalue weighted by atomic mass is 35.5. The first kappa shape index (κ1) is 20.0. The van der Waals surface area contributed by atoms with E-state index in [9.17, 15) is 4.79 Å². The van der Waals surface area contributed by atoms with E-state index in [1.165, 1.54) is 5.56 Å². The number of amides is 1. The van der Waals surface area contributed by atoms with Crippen LogP contribution < -0.4 is 11.1 Å². The van der Waals surface area contributed by atoms with Crippen molar-refractivity contribution in [2.45, 2.75) is 64.3 Å². The lowest BCUT2D eigenvalue weighted by Crippen LogP contribution is -2.49. The third-order valence-electron chi connectivity index (χ3n) is 5.56. The fourth-order valence-electron chi connectivity index (χ4n) is 3.59. The standard InChI is InChI=1S/C19H30N2O.ClH/c1-3-19(4-2,14-20)18(22)21-17-12-10-16(11-13-17)15-8-6-5-7-9-15;/h5-9,16-17H,3-4,10-14,20H2,1-2H3,(H,21,22);1H. The predicted octanol–water partition coefficient (Wildman–Crippen LogP) is 4.02. The van der Waals surface area contributed by atoms with Crippen molar-refractivity contribution in [2.75, 3.05) is 6.54 Å². The summed E-state index contributed by atoms with van der Waals surface area (Å²) in [5.41, 5.74) is 6.93. The van der Waals surface area contributed by atoms with E-state index in [0.717, 1.165) is 38.5 Å². The van der Waals surface area contributed by atoms with E-state index >= 15 is 0 Å². The maximum Gasteiger partial charge on any atom is 0.227 e. The third kappa shape index (κ3) is 4.71. The fourth-order valence-corrected chi connectivity index (χ4v) is 3.59. The van der Waals surface area contributed by atoms with Crippen molar-refractivity contribution in [1.29, 1.82) is 0 Å². The van der Waals surface area contributed by atoms with Crippen molar-refractivity contribution in [1.82, 2.24) is 5.32 Å². The maximum absolute atomic E-state index is 12.6. The lowest BCUT2D eigenvalue weighted by molar-refractivity contribution is -0.132. The van der Waals surface area contributed by atoms with Gasteiger partial charge in [0.1, 0.15) is 0 Å². The van der Waals surface area contributed by atoms with E-state index < -0.39 is 0 Å². The van der Waals surface area contributed by atoms with Gasteiger partial charge in [-0.05, 0) is 50.0 Å². The van der Waals surface area contributed by atoms with Crippen molar-refractivity contribution in [3.05, 3.63) is 35.9 Å². The minimum atomic E-state index is -0.379. The van der Waals surface area contributed by atoms with Gasteiger partial charge in [0.25, 0.3) is 0 Å². The molecule has 1 aromatic rings. The van der Waals surface area contributed by atoms with Crippen molar-refractivity contribution in [3.63, 3.8) is 0 Å². The molecule has 0 aliphatic heterocycles. The predicted molar refractivity (Wildman–Crippen MR) is 98.9 cm³/mol. The summed E-state index contributed by atoms with van der Waals surface area (Å²) in [7, 11) is 0. The van der Waals surface area contributed by atoms with Gasteiger partial charge in [-0.1, -0.05) is 44.2 Å². The molecule has 3 nitrogen and oxygen atoms in total. The van der Waals surface area contributed by atoms with Crippen LogP contribution in [0.5, 0.6) is 0 Å². The maximum atomic E-state index is 12.6. The number of carbonyl (C=O) groups is 1. The molecule has 1 fully saturated rings. The van der Waals surface area contributed by atoms with Gasteiger partial charge < -0.3 is 11.1 Å². The zero-order chi connectivity index (χ0) is 16.0. The quantitative estimate of drug-likeness (QED) is 0.823. The second-order valence-corrected chi connectivity index (χ2v) is 6.62. The Labute approximate surface area is 146 Å². The zero-order valence-corrected chi connectivity index (χ0v) is 15.2. The molecule has 1 amide bonds. The third-order valence-corrected chi connectivity index (χ3v) is 5.56. The van der Waals surface area contributed by atoms with E-state index in [1.54, 1.807) is 0 Å². The molecule has 3 N–H and O–H groups in total. The Kier molecular flexibility index (Phi) is 8.07. The molecule has 2 rings (SSSR count). The van der Waals surface area contributed by atoms with Crippen LogP contribution >= 0.6 is 12.4 Å². The molecule has 1 saturated carbocycles. The van der Waals surface area contributed by atoms with E-state index in [2.05, 4.69) is 49.5 Å². The number of hydrogen-bond acceptors (Lipinski definition) is 2. The summed E-state index contributed by atoms with van der Waals surface area (Å²) in [6, 6.07) is 11.0. The monoisotopic (exact) mass is 338 g/mol. The average Bonchev–Trinajstić information content (AvgIpc) is 2.58. The molecule has 130 valence electrons. The van der Waals surface area contributed by atoms with Crippen LogP contribution in [0.4, 0.5) is 0 Å². The van der Waals surface area contributed by atoms with Gasteiger partial charge in [0, 0.05) is 12.6 Å². The summed E-state index contributed by atoms with van der Waals surface area (Å²) < 4.78 is 0. The highest BCUT2D eigenvalue weighted by Gasteiger charge is 2.35. The SMILES string of the molecule is CCC(CC)(CN)C(=O)NC1CCC(c2ccccc2)CC1.Cl. The molecule has 0 saturated heterocycles. The lowest BCUT2D eigenvalue weighted by atomic mass is 9.79. The van der Waals surface area contributed by atoms with Gasteiger partial charge in [-0.15, -0.1) is 12.4 Å². The summed E-state index contributed by atoms with van der Waals surface area (Å²) in [4.78, 5) is 12.6. The first-order valence-electron chi connectivity index (χ1n) is 8.71. The van der Waals surface area contributed by atoms with Crippen molar-refractivity contribution >= 4 is 18.3 Å². The second-order valence-electron chi connectivity index (χ2n) is 6.62. The highest BCUT2D eigenvalue weighted by molar-refractivity contribution is 5.85. The fraction of sp³-hybridized carbons (Fsp3) is 0.632. The summed E-state index contributed by atoms with van der Waals surface area (Å²) >= 11 is 0. The topological polar surface area (TPSA) is 55.1 Å². The van der Waals surface area contributed by atoms with Crippen molar-refractivity contribution < 1.29 is 4.79 Å². The molecular weight excluding hydrogens is 308 g/mol. The molecule has 0 spiro atoms. The number of rotatable bonds is 6. The van der Waals surface area contributed by atoms with Crippen LogP contribution in [0.25, 0.3) is 0 Å². The largest absolute Gasteiger partial charge is 0.353 e. The Morgan fingerprint density at radius 3 is 2.17 bits per heavy atom. The number of nitrogens with two attached hydrogens (primary N) is 1. The molecule has 1 aliphatic rings. The van der Waals surface area contributed by atoms with Gasteiger partial charge in [-0.3, -0.25) is 4.79 Å². The van der Waals surface area contributed by atoms with Crippen LogP contribution in [0.1, 0.15) is 63.9 Å². The van der Waals surface area contributed by atoms with Gasteiger partial charge in [0.2, 0.25) is 5.91 Å². The molecule has 0 atom stereocenters. The van der Waals surface area contributed by atoms with E-state index in [0.29, 0.717) is 18.5 Å². The van der Waals surface area contributed by atoms with E-state index in [1.807, 2.05) is 0 Å². The molecule has 0 unspecified atom stereocenters. The van der Waals surface area contributed by atoms with Crippen LogP contribution in [0.15, 0.2) is 30.3 Å². The Morgan fingerprint density at radius 1 is 1.13 bits per heavy atom. The molecule has 1 aromatic carbocycles. The summed E-state index contributed by atoms with van der Waals surface area (Å²) in [5, 5.41) is 3.27. The number of carbonyl (C=O) groups excluding carboxylic acids is 1. The number of hydrogen-bond donors (Lipinski definition) is 2. The van der Waals surface area contributed by atoms with E-state index in [-0.39, 0.29) is 23.7 Å². The number of halogens is 1. The van der Waals surface area contributed by atoms with Crippen molar-refractivity contribution in [3.8, 4) is 0 Å². The molecule has 4 heteroatoms. The second kappa shape index (κ2) is 9.29. The smallest absolute Gasteiger partial charge is 0.227 e. The van der Waals surface area contributed by atoms with Gasteiger partial charge >= 0.3 is 0 Å². The molecule has 0 aromatic heterocycles. The molecule has 23 heavy (non-hydrogen) atoms. The minimum absolute atomic E-state index is 0. The van der Waals surface area contributed by atoms with Gasteiger partial charge in [-0.25, -0.2) is 0 Å². The number of benzene rings is 1. The first-order valence-corrected chi connectivity index (χ1v) is 8.71. The van der Waals surface area contributed by atoms with Gasteiger partial charge in [0.15, 0.2) is 0 Å². The Hall–Kier alpha value is -1.06. The molecule has 1 aliphatic carbocycles.